The van der Waals surface area contributed by atoms with Crippen molar-refractivity contribution in [1.82, 2.24) is 0 Å². The van der Waals surface area contributed by atoms with Gasteiger partial charge in [0.2, 0.25) is 5.43 Å². The minimum Gasteiger partial charge on any atom is -0.375 e. The summed E-state index contributed by atoms with van der Waals surface area (Å²) in [4.78, 5) is 12.3. The van der Waals surface area contributed by atoms with Gasteiger partial charge in [0.05, 0.1) is 0 Å². The zero-order chi connectivity index (χ0) is 17.2. The summed E-state index contributed by atoms with van der Waals surface area (Å²) in [6.07, 6.45) is 0. The normalized spacial score (nSPS) is 11.5. The Morgan fingerprint density at radius 2 is 1.57 bits per heavy atom. The van der Waals surface area contributed by atoms with Crippen molar-refractivity contribution in [3.05, 3.63) is 69.4 Å². The van der Waals surface area contributed by atoms with E-state index in [1.54, 1.807) is 25.1 Å². The van der Waals surface area contributed by atoms with Crippen LogP contribution >= 0.6 is 0 Å². The van der Waals surface area contributed by atoms with Crippen LogP contribution in [0.3, 0.4) is 0 Å². The second-order valence-corrected chi connectivity index (χ2v) is 7.41. The summed E-state index contributed by atoms with van der Waals surface area (Å²) in [7, 11) is -4.04. The lowest BCUT2D eigenvalue weighted by molar-refractivity contribution is 0.483. The summed E-state index contributed by atoms with van der Waals surface area (Å²) in [5.74, 6) is -0.0256. The maximum Gasteiger partial charge on any atom is 0.339 e. The third-order valence-electron chi connectivity index (χ3n) is 3.58. The largest absolute Gasteiger partial charge is 0.375 e. The summed E-state index contributed by atoms with van der Waals surface area (Å²) >= 11 is 0. The van der Waals surface area contributed by atoms with Gasteiger partial charge in [0, 0.05) is 5.56 Å². The Bertz CT molecular complexity index is 866. The molecule has 0 amide bonds. The number of rotatable bonds is 4. The van der Waals surface area contributed by atoms with Crippen molar-refractivity contribution in [2.24, 2.45) is 0 Å². The molecule has 23 heavy (non-hydrogen) atoms. The summed E-state index contributed by atoms with van der Waals surface area (Å²) in [6.45, 7) is 7.43. The maximum absolute atomic E-state index is 12.4. The van der Waals surface area contributed by atoms with Crippen LogP contribution in [0.1, 0.15) is 36.5 Å². The fraction of sp³-hybridized carbons (Fsp3) is 0.278. The second kappa shape index (κ2) is 6.54. The molecule has 0 radical (unpaired) electrons. The summed E-state index contributed by atoms with van der Waals surface area (Å²) in [5.41, 5.74) is 1.79. The van der Waals surface area contributed by atoms with E-state index < -0.39 is 15.5 Å². The minimum absolute atomic E-state index is 0.0257. The van der Waals surface area contributed by atoms with Crippen LogP contribution in [0.5, 0.6) is 5.75 Å². The Kier molecular flexibility index (Phi) is 4.90. The highest BCUT2D eigenvalue weighted by atomic mass is 32.2. The third kappa shape index (κ3) is 3.99. The van der Waals surface area contributed by atoms with Crippen molar-refractivity contribution in [3.63, 3.8) is 0 Å². The average molecular weight is 332 g/mol. The van der Waals surface area contributed by atoms with Gasteiger partial charge < -0.3 is 4.18 Å². The molecule has 0 saturated carbocycles. The Labute approximate surface area is 136 Å². The molecule has 122 valence electrons. The lowest BCUT2D eigenvalue weighted by atomic mass is 10.1. The van der Waals surface area contributed by atoms with Gasteiger partial charge >= 0.3 is 10.1 Å². The van der Waals surface area contributed by atoms with Crippen LogP contribution < -0.4 is 9.61 Å². The molecule has 0 bridgehead atoms. The minimum atomic E-state index is -4.04. The SMILES string of the molecule is Cc1ccc(S(=O)(=O)Oc2cc(C(C)C)ccc(C)c2=O)cc1. The summed E-state index contributed by atoms with van der Waals surface area (Å²) in [6, 6.07) is 11.3. The molecule has 0 unspecified atom stereocenters. The first-order valence-electron chi connectivity index (χ1n) is 7.37. The molecular weight excluding hydrogens is 312 g/mol. The highest BCUT2D eigenvalue weighted by Crippen LogP contribution is 2.21. The highest BCUT2D eigenvalue weighted by Gasteiger charge is 2.19. The van der Waals surface area contributed by atoms with Crippen LogP contribution in [-0.2, 0) is 10.1 Å². The quantitative estimate of drug-likeness (QED) is 0.803. The standard InChI is InChI=1S/C18H20O4S/c1-12(2)15-8-7-14(4)18(19)17(11-15)22-23(20,21)16-9-5-13(3)6-10-16/h5-12H,1-4H3. The molecule has 0 aromatic heterocycles. The fourth-order valence-electron chi connectivity index (χ4n) is 2.05. The van der Waals surface area contributed by atoms with Gasteiger partial charge in [0.15, 0.2) is 5.75 Å². The molecule has 4 nitrogen and oxygen atoms in total. The molecule has 0 aliphatic rings. The van der Waals surface area contributed by atoms with E-state index in [2.05, 4.69) is 0 Å². The number of hydrogen-bond donors (Lipinski definition) is 0. The Morgan fingerprint density at radius 1 is 0.957 bits per heavy atom. The lowest BCUT2D eigenvalue weighted by Gasteiger charge is -2.07. The fourth-order valence-corrected chi connectivity index (χ4v) is 2.97. The maximum atomic E-state index is 12.4. The topological polar surface area (TPSA) is 60.4 Å². The molecule has 0 atom stereocenters. The molecule has 0 aliphatic heterocycles. The van der Waals surface area contributed by atoms with E-state index in [-0.39, 0.29) is 16.6 Å². The molecule has 0 heterocycles. The van der Waals surface area contributed by atoms with Gasteiger partial charge in [-0.25, -0.2) is 0 Å². The number of benzene rings is 1. The van der Waals surface area contributed by atoms with Crippen LogP contribution in [0, 0.1) is 13.8 Å². The van der Waals surface area contributed by atoms with Crippen LogP contribution in [0.15, 0.2) is 52.2 Å². The van der Waals surface area contributed by atoms with Crippen molar-refractivity contribution in [2.45, 2.75) is 38.5 Å². The Balaban J connectivity index is 2.53. The van der Waals surface area contributed by atoms with Crippen LogP contribution in [0.25, 0.3) is 0 Å². The summed E-state index contributed by atoms with van der Waals surface area (Å²) in [5, 5.41) is 0. The van der Waals surface area contributed by atoms with Crippen LogP contribution in [0.4, 0.5) is 0 Å². The van der Waals surface area contributed by atoms with Crippen molar-refractivity contribution in [1.29, 1.82) is 0 Å². The molecular formula is C18H20O4S. The van der Waals surface area contributed by atoms with Crippen molar-refractivity contribution < 1.29 is 12.6 Å². The number of aryl methyl sites for hydroxylation is 2. The van der Waals surface area contributed by atoms with Gasteiger partial charge in [-0.1, -0.05) is 43.7 Å². The van der Waals surface area contributed by atoms with E-state index in [0.29, 0.717) is 5.56 Å². The van der Waals surface area contributed by atoms with E-state index in [9.17, 15) is 13.2 Å². The van der Waals surface area contributed by atoms with Crippen molar-refractivity contribution >= 4 is 10.1 Å². The monoisotopic (exact) mass is 332 g/mol. The van der Waals surface area contributed by atoms with Gasteiger partial charge in [-0.3, -0.25) is 4.79 Å². The van der Waals surface area contributed by atoms with Gasteiger partial charge in [-0.05, 0) is 43.5 Å². The van der Waals surface area contributed by atoms with Gasteiger partial charge in [-0.2, -0.15) is 8.42 Å². The molecule has 0 aliphatic carbocycles. The molecule has 2 rings (SSSR count). The molecule has 2 aromatic carbocycles. The third-order valence-corrected chi connectivity index (χ3v) is 4.83. The Hall–Kier alpha value is -2.14. The second-order valence-electron chi connectivity index (χ2n) is 5.86. The highest BCUT2D eigenvalue weighted by molar-refractivity contribution is 7.87. The molecule has 0 fully saturated rings. The predicted octanol–water partition coefficient (Wildman–Crippen LogP) is 3.55. The predicted molar refractivity (Wildman–Crippen MR) is 90.5 cm³/mol. The van der Waals surface area contributed by atoms with Crippen molar-refractivity contribution in [3.8, 4) is 5.75 Å². The number of hydrogen-bond acceptors (Lipinski definition) is 4. The molecule has 0 N–H and O–H groups in total. The Morgan fingerprint density at radius 3 is 2.13 bits per heavy atom. The van der Waals surface area contributed by atoms with Crippen LogP contribution in [-0.4, -0.2) is 8.42 Å². The first kappa shape index (κ1) is 17.2. The van der Waals surface area contributed by atoms with Gasteiger partial charge in [-0.15, -0.1) is 0 Å². The first-order chi connectivity index (χ1) is 10.7. The van der Waals surface area contributed by atoms with Gasteiger partial charge in [0.25, 0.3) is 0 Å². The van der Waals surface area contributed by atoms with E-state index >= 15 is 0 Å². The van der Waals surface area contributed by atoms with E-state index in [1.165, 1.54) is 18.2 Å². The van der Waals surface area contributed by atoms with Gasteiger partial charge in [0.1, 0.15) is 4.90 Å². The lowest BCUT2D eigenvalue weighted by Crippen LogP contribution is -2.15. The average Bonchev–Trinajstić information content (AvgIpc) is 2.61. The van der Waals surface area contributed by atoms with Crippen LogP contribution in [0.2, 0.25) is 0 Å². The van der Waals surface area contributed by atoms with Crippen molar-refractivity contribution in [2.75, 3.05) is 0 Å². The molecule has 0 saturated heterocycles. The summed E-state index contributed by atoms with van der Waals surface area (Å²) < 4.78 is 29.9. The molecule has 0 spiro atoms. The zero-order valence-electron chi connectivity index (χ0n) is 13.7. The van der Waals surface area contributed by atoms with E-state index in [4.69, 9.17) is 4.18 Å². The zero-order valence-corrected chi connectivity index (χ0v) is 14.5. The molecule has 5 heteroatoms. The van der Waals surface area contributed by atoms with E-state index in [0.717, 1.165) is 11.1 Å². The first-order valence-corrected chi connectivity index (χ1v) is 8.77. The molecule has 2 aromatic rings. The smallest absolute Gasteiger partial charge is 0.339 e. The van der Waals surface area contributed by atoms with E-state index in [1.807, 2.05) is 26.8 Å².